The van der Waals surface area contributed by atoms with E-state index in [1.54, 1.807) is 12.1 Å². The summed E-state index contributed by atoms with van der Waals surface area (Å²) < 4.78 is 26.3. The molecule has 22 heavy (non-hydrogen) atoms. The van der Waals surface area contributed by atoms with E-state index in [-0.39, 0.29) is 16.1 Å². The zero-order valence-electron chi connectivity index (χ0n) is 12.1. The van der Waals surface area contributed by atoms with Crippen molar-refractivity contribution in [2.45, 2.75) is 11.8 Å². The summed E-state index contributed by atoms with van der Waals surface area (Å²) in [6.45, 7) is 1.87. The molecule has 5 nitrogen and oxygen atoms in total. The van der Waals surface area contributed by atoms with Gasteiger partial charge < -0.3 is 5.73 Å². The number of anilines is 1. The van der Waals surface area contributed by atoms with E-state index in [4.69, 9.17) is 17.3 Å². The molecule has 2 rings (SSSR count). The lowest BCUT2D eigenvalue weighted by molar-refractivity contribution is 0.100. The highest BCUT2D eigenvalue weighted by atomic mass is 35.5. The van der Waals surface area contributed by atoms with Gasteiger partial charge in [-0.05, 0) is 37.3 Å². The van der Waals surface area contributed by atoms with Crippen LogP contribution in [0.15, 0.2) is 47.4 Å². The van der Waals surface area contributed by atoms with E-state index in [0.29, 0.717) is 5.02 Å². The summed E-state index contributed by atoms with van der Waals surface area (Å²) in [5.74, 6) is -0.747. The van der Waals surface area contributed by atoms with Crippen LogP contribution < -0.4 is 10.0 Å². The third-order valence-corrected chi connectivity index (χ3v) is 5.26. The van der Waals surface area contributed by atoms with Gasteiger partial charge >= 0.3 is 0 Å². The molecule has 0 aliphatic rings. The van der Waals surface area contributed by atoms with Gasteiger partial charge in [0.15, 0.2) is 0 Å². The second-order valence-electron chi connectivity index (χ2n) is 4.81. The summed E-state index contributed by atoms with van der Waals surface area (Å²) in [4.78, 5) is 11.7. The van der Waals surface area contributed by atoms with Crippen LogP contribution in [0.1, 0.15) is 15.9 Å². The van der Waals surface area contributed by atoms with Crippen molar-refractivity contribution in [1.29, 1.82) is 0 Å². The molecule has 0 fully saturated rings. The van der Waals surface area contributed by atoms with Gasteiger partial charge in [-0.15, -0.1) is 0 Å². The van der Waals surface area contributed by atoms with E-state index in [1.165, 1.54) is 37.4 Å². The molecule has 2 aromatic rings. The zero-order chi connectivity index (χ0) is 16.5. The number of nitrogens with zero attached hydrogens (tertiary/aromatic N) is 1. The number of hydrogen-bond acceptors (Lipinski definition) is 3. The van der Waals surface area contributed by atoms with E-state index in [9.17, 15) is 13.2 Å². The molecule has 0 spiro atoms. The molecule has 2 N–H and O–H groups in total. The third-order valence-electron chi connectivity index (χ3n) is 3.24. The number of amides is 1. The normalized spacial score (nSPS) is 11.2. The summed E-state index contributed by atoms with van der Waals surface area (Å²) >= 11 is 5.84. The van der Waals surface area contributed by atoms with Gasteiger partial charge in [0, 0.05) is 12.1 Å². The molecule has 0 unspecified atom stereocenters. The number of halogens is 1. The minimum absolute atomic E-state index is 0.0469. The van der Waals surface area contributed by atoms with Gasteiger partial charge in [0.05, 0.1) is 16.1 Å². The number of hydrogen-bond donors (Lipinski definition) is 1. The van der Waals surface area contributed by atoms with E-state index >= 15 is 0 Å². The third kappa shape index (κ3) is 3.08. The first-order valence-electron chi connectivity index (χ1n) is 6.38. The molecule has 1 amide bonds. The first-order valence-corrected chi connectivity index (χ1v) is 8.20. The van der Waals surface area contributed by atoms with Crippen molar-refractivity contribution in [3.8, 4) is 0 Å². The van der Waals surface area contributed by atoms with Crippen LogP contribution in [-0.4, -0.2) is 21.4 Å². The molecule has 116 valence electrons. The molecule has 2 aromatic carbocycles. The number of primary amides is 1. The Hall–Kier alpha value is -2.05. The Labute approximate surface area is 134 Å². The molecular weight excluding hydrogens is 324 g/mol. The lowest BCUT2D eigenvalue weighted by Gasteiger charge is -2.21. The first kappa shape index (κ1) is 16.3. The van der Waals surface area contributed by atoms with Crippen molar-refractivity contribution >= 4 is 33.2 Å². The molecular formula is C15H15ClN2O3S. The molecule has 0 heterocycles. The number of benzene rings is 2. The van der Waals surface area contributed by atoms with Crippen LogP contribution in [0.4, 0.5) is 5.69 Å². The van der Waals surface area contributed by atoms with Crippen molar-refractivity contribution in [2.75, 3.05) is 11.4 Å². The monoisotopic (exact) mass is 338 g/mol. The Morgan fingerprint density at radius 3 is 2.27 bits per heavy atom. The standard InChI is InChI=1S/C15H15ClN2O3S/c1-10-3-6-12(7-4-10)22(20,21)18(2)14-8-5-11(16)9-13(14)15(17)19/h3-9H,1-2H3,(H2,17,19). The van der Waals surface area contributed by atoms with Crippen LogP contribution in [0, 0.1) is 6.92 Å². The number of nitrogens with two attached hydrogens (primary N) is 1. The molecule has 0 saturated carbocycles. The van der Waals surface area contributed by atoms with Crippen LogP contribution in [0.2, 0.25) is 5.02 Å². The fourth-order valence-corrected chi connectivity index (χ4v) is 3.36. The summed E-state index contributed by atoms with van der Waals surface area (Å²) in [5, 5.41) is 0.304. The topological polar surface area (TPSA) is 80.5 Å². The summed E-state index contributed by atoms with van der Waals surface area (Å²) in [7, 11) is -2.43. The highest BCUT2D eigenvalue weighted by Crippen LogP contribution is 2.28. The van der Waals surface area contributed by atoms with Gasteiger partial charge in [0.1, 0.15) is 0 Å². The molecule has 0 aromatic heterocycles. The van der Waals surface area contributed by atoms with Crippen molar-refractivity contribution < 1.29 is 13.2 Å². The van der Waals surface area contributed by atoms with Crippen LogP contribution in [0.25, 0.3) is 0 Å². The minimum atomic E-state index is -3.80. The Balaban J connectivity index is 2.53. The molecule has 0 atom stereocenters. The summed E-state index contributed by atoms with van der Waals surface area (Å²) in [6, 6.07) is 10.7. The second-order valence-corrected chi connectivity index (χ2v) is 7.22. The lowest BCUT2D eigenvalue weighted by Crippen LogP contribution is -2.29. The first-order chi connectivity index (χ1) is 10.2. The number of aryl methyl sites for hydroxylation is 1. The largest absolute Gasteiger partial charge is 0.366 e. The van der Waals surface area contributed by atoms with E-state index in [0.717, 1.165) is 9.87 Å². The number of sulfonamides is 1. The highest BCUT2D eigenvalue weighted by Gasteiger charge is 2.24. The van der Waals surface area contributed by atoms with Gasteiger partial charge in [-0.3, -0.25) is 9.10 Å². The maximum absolute atomic E-state index is 12.6. The summed E-state index contributed by atoms with van der Waals surface area (Å²) in [6.07, 6.45) is 0. The Bertz CT molecular complexity index is 817. The van der Waals surface area contributed by atoms with Crippen LogP contribution in [-0.2, 0) is 10.0 Å². The summed E-state index contributed by atoms with van der Waals surface area (Å²) in [5.41, 5.74) is 6.48. The maximum Gasteiger partial charge on any atom is 0.264 e. The van der Waals surface area contributed by atoms with Crippen molar-refractivity contribution in [3.05, 3.63) is 58.6 Å². The minimum Gasteiger partial charge on any atom is -0.366 e. The SMILES string of the molecule is Cc1ccc(S(=O)(=O)N(C)c2ccc(Cl)cc2C(N)=O)cc1. The lowest BCUT2D eigenvalue weighted by atomic mass is 10.1. The second kappa shape index (κ2) is 5.98. The Morgan fingerprint density at radius 1 is 1.14 bits per heavy atom. The molecule has 0 saturated heterocycles. The molecule has 0 radical (unpaired) electrons. The number of rotatable bonds is 4. The quantitative estimate of drug-likeness (QED) is 0.930. The predicted octanol–water partition coefficient (Wildman–Crippen LogP) is 2.57. The van der Waals surface area contributed by atoms with Crippen LogP contribution in [0.3, 0.4) is 0 Å². The van der Waals surface area contributed by atoms with E-state index < -0.39 is 15.9 Å². The average molecular weight is 339 g/mol. The fraction of sp³-hybridized carbons (Fsp3) is 0.133. The molecule has 0 bridgehead atoms. The average Bonchev–Trinajstić information content (AvgIpc) is 2.46. The van der Waals surface area contributed by atoms with E-state index in [1.807, 2.05) is 6.92 Å². The number of carbonyl (C=O) groups excluding carboxylic acids is 1. The van der Waals surface area contributed by atoms with Gasteiger partial charge in [0.2, 0.25) is 0 Å². The predicted molar refractivity (Wildman–Crippen MR) is 86.7 cm³/mol. The van der Waals surface area contributed by atoms with Gasteiger partial charge in [-0.2, -0.15) is 0 Å². The molecule has 7 heteroatoms. The van der Waals surface area contributed by atoms with Crippen molar-refractivity contribution in [1.82, 2.24) is 0 Å². The van der Waals surface area contributed by atoms with Crippen molar-refractivity contribution in [3.63, 3.8) is 0 Å². The van der Waals surface area contributed by atoms with Gasteiger partial charge in [-0.1, -0.05) is 29.3 Å². The van der Waals surface area contributed by atoms with Gasteiger partial charge in [-0.25, -0.2) is 8.42 Å². The Kier molecular flexibility index (Phi) is 4.44. The zero-order valence-corrected chi connectivity index (χ0v) is 13.6. The highest BCUT2D eigenvalue weighted by molar-refractivity contribution is 7.92. The molecule has 0 aliphatic heterocycles. The van der Waals surface area contributed by atoms with Crippen molar-refractivity contribution in [2.24, 2.45) is 5.73 Å². The smallest absolute Gasteiger partial charge is 0.264 e. The van der Waals surface area contributed by atoms with E-state index in [2.05, 4.69) is 0 Å². The maximum atomic E-state index is 12.6. The molecule has 0 aliphatic carbocycles. The Morgan fingerprint density at radius 2 is 1.73 bits per heavy atom. The number of carbonyl (C=O) groups is 1. The van der Waals surface area contributed by atoms with Crippen LogP contribution >= 0.6 is 11.6 Å². The van der Waals surface area contributed by atoms with Crippen LogP contribution in [0.5, 0.6) is 0 Å². The fourth-order valence-electron chi connectivity index (χ4n) is 1.98. The van der Waals surface area contributed by atoms with Gasteiger partial charge in [0.25, 0.3) is 15.9 Å².